The second kappa shape index (κ2) is 7.10. The summed E-state index contributed by atoms with van der Waals surface area (Å²) in [5, 5.41) is 10.7. The summed E-state index contributed by atoms with van der Waals surface area (Å²) < 4.78 is 16.7. The van der Waals surface area contributed by atoms with E-state index in [1.807, 2.05) is 45.9 Å². The minimum absolute atomic E-state index is 0.136. The number of nitrogens with zero attached hydrogens (tertiary/aromatic N) is 1. The van der Waals surface area contributed by atoms with Crippen molar-refractivity contribution in [1.82, 2.24) is 0 Å². The maximum atomic E-state index is 12.6. The van der Waals surface area contributed by atoms with Gasteiger partial charge in [-0.2, -0.15) is 4.40 Å². The van der Waals surface area contributed by atoms with Crippen LogP contribution in [0.4, 0.5) is 0 Å². The summed E-state index contributed by atoms with van der Waals surface area (Å²) in [5.41, 5.74) is 3.80. The SMILES string of the molecule is C=C(CC)[C@H](O)[C@@H]1CCc2ccccc2/C1=N/[S@@](=O)C(C)(C)C. The van der Waals surface area contributed by atoms with Crippen LogP contribution >= 0.6 is 0 Å². The molecule has 0 saturated heterocycles. The monoisotopic (exact) mass is 333 g/mol. The highest BCUT2D eigenvalue weighted by Crippen LogP contribution is 2.32. The molecule has 1 aromatic rings. The van der Waals surface area contributed by atoms with Crippen molar-refractivity contribution in [2.75, 3.05) is 0 Å². The van der Waals surface area contributed by atoms with Crippen molar-refractivity contribution in [3.8, 4) is 0 Å². The molecule has 3 nitrogen and oxygen atoms in total. The third kappa shape index (κ3) is 3.99. The average molecular weight is 333 g/mol. The van der Waals surface area contributed by atoms with E-state index in [4.69, 9.17) is 0 Å². The highest BCUT2D eigenvalue weighted by Gasteiger charge is 2.33. The van der Waals surface area contributed by atoms with Crippen LogP contribution in [0, 0.1) is 5.92 Å². The maximum Gasteiger partial charge on any atom is 0.145 e. The van der Waals surface area contributed by atoms with Gasteiger partial charge in [0.05, 0.1) is 16.6 Å². The molecule has 0 aromatic heterocycles. The molecule has 4 heteroatoms. The summed E-state index contributed by atoms with van der Waals surface area (Å²) in [4.78, 5) is 0. The Kier molecular flexibility index (Phi) is 5.58. The number of aryl methyl sites for hydroxylation is 1. The minimum Gasteiger partial charge on any atom is -0.388 e. The van der Waals surface area contributed by atoms with Gasteiger partial charge in [0.2, 0.25) is 0 Å². The zero-order valence-corrected chi connectivity index (χ0v) is 15.3. The first kappa shape index (κ1) is 18.1. The Balaban J connectivity index is 2.50. The molecule has 0 amide bonds. The zero-order chi connectivity index (χ0) is 17.2. The second-order valence-corrected chi connectivity index (χ2v) is 9.00. The molecule has 0 aliphatic heterocycles. The lowest BCUT2D eigenvalue weighted by molar-refractivity contribution is 0.165. The van der Waals surface area contributed by atoms with E-state index < -0.39 is 21.8 Å². The molecule has 0 saturated carbocycles. The molecule has 3 atom stereocenters. The lowest BCUT2D eigenvalue weighted by Gasteiger charge is -2.31. The summed E-state index contributed by atoms with van der Waals surface area (Å²) in [5.74, 6) is -0.136. The van der Waals surface area contributed by atoms with Crippen molar-refractivity contribution in [2.24, 2.45) is 10.3 Å². The fourth-order valence-corrected chi connectivity index (χ4v) is 3.47. The summed E-state index contributed by atoms with van der Waals surface area (Å²) in [7, 11) is -1.35. The predicted molar refractivity (Wildman–Crippen MR) is 98.1 cm³/mol. The van der Waals surface area contributed by atoms with Crippen LogP contribution in [0.1, 0.15) is 51.7 Å². The molecule has 1 N–H and O–H groups in total. The van der Waals surface area contributed by atoms with Gasteiger partial charge in [-0.25, -0.2) is 4.21 Å². The number of benzene rings is 1. The normalized spacial score (nSPS) is 22.5. The molecule has 0 bridgehead atoms. The Hall–Kier alpha value is -1.26. The van der Waals surface area contributed by atoms with Crippen LogP contribution in [0.2, 0.25) is 0 Å². The van der Waals surface area contributed by atoms with E-state index in [9.17, 15) is 9.32 Å². The van der Waals surface area contributed by atoms with Gasteiger partial charge in [-0.05, 0) is 51.2 Å². The van der Waals surface area contributed by atoms with Crippen molar-refractivity contribution < 1.29 is 9.32 Å². The van der Waals surface area contributed by atoms with Gasteiger partial charge in [0.15, 0.2) is 0 Å². The van der Waals surface area contributed by atoms with Crippen molar-refractivity contribution in [3.63, 3.8) is 0 Å². The Morgan fingerprint density at radius 1 is 1.43 bits per heavy atom. The topological polar surface area (TPSA) is 49.7 Å². The van der Waals surface area contributed by atoms with E-state index in [2.05, 4.69) is 17.0 Å². The quantitative estimate of drug-likeness (QED) is 0.851. The molecule has 126 valence electrons. The number of rotatable bonds is 4. The van der Waals surface area contributed by atoms with Gasteiger partial charge >= 0.3 is 0 Å². The van der Waals surface area contributed by atoms with Crippen molar-refractivity contribution >= 4 is 16.7 Å². The molecule has 1 aliphatic rings. The van der Waals surface area contributed by atoms with Gasteiger partial charge in [-0.3, -0.25) is 0 Å². The molecule has 23 heavy (non-hydrogen) atoms. The molecule has 0 heterocycles. The highest BCUT2D eigenvalue weighted by molar-refractivity contribution is 7.85. The zero-order valence-electron chi connectivity index (χ0n) is 14.5. The maximum absolute atomic E-state index is 12.6. The molecule has 0 radical (unpaired) electrons. The fraction of sp³-hybridized carbons (Fsp3) is 0.526. The molecule has 0 unspecified atom stereocenters. The van der Waals surface area contributed by atoms with Crippen LogP contribution in [0.3, 0.4) is 0 Å². The van der Waals surface area contributed by atoms with Crippen LogP contribution < -0.4 is 0 Å². The Bertz CT molecular complexity index is 643. The minimum atomic E-state index is -1.35. The number of hydrogen-bond acceptors (Lipinski definition) is 2. The van der Waals surface area contributed by atoms with Crippen molar-refractivity contribution in [3.05, 3.63) is 47.5 Å². The summed E-state index contributed by atoms with van der Waals surface area (Å²) in [6.45, 7) is 11.7. The van der Waals surface area contributed by atoms with E-state index in [1.165, 1.54) is 5.56 Å². The van der Waals surface area contributed by atoms with E-state index in [0.29, 0.717) is 0 Å². The summed E-state index contributed by atoms with van der Waals surface area (Å²) in [6, 6.07) is 8.08. The molecule has 0 spiro atoms. The van der Waals surface area contributed by atoms with E-state index in [1.54, 1.807) is 0 Å². The molecule has 1 aliphatic carbocycles. The van der Waals surface area contributed by atoms with Gasteiger partial charge in [-0.1, -0.05) is 37.8 Å². The van der Waals surface area contributed by atoms with Crippen molar-refractivity contribution in [1.29, 1.82) is 0 Å². The van der Waals surface area contributed by atoms with Crippen LogP contribution in [-0.2, 0) is 17.4 Å². The van der Waals surface area contributed by atoms with Gasteiger partial charge in [0.25, 0.3) is 0 Å². The fourth-order valence-electron chi connectivity index (χ4n) is 2.78. The number of fused-ring (bicyclic) bond motifs is 1. The van der Waals surface area contributed by atoms with Crippen molar-refractivity contribution in [2.45, 2.75) is 57.8 Å². The number of aliphatic hydroxyl groups excluding tert-OH is 1. The lowest BCUT2D eigenvalue weighted by atomic mass is 9.77. The summed E-state index contributed by atoms with van der Waals surface area (Å²) >= 11 is 0. The Morgan fingerprint density at radius 2 is 2.09 bits per heavy atom. The van der Waals surface area contributed by atoms with Gasteiger partial charge in [0.1, 0.15) is 11.0 Å². The Labute approximate surface area is 142 Å². The molecular formula is C19H27NO2S. The number of hydrogen-bond donors (Lipinski definition) is 1. The van der Waals surface area contributed by atoms with Gasteiger partial charge < -0.3 is 5.11 Å². The Morgan fingerprint density at radius 3 is 2.70 bits per heavy atom. The smallest absolute Gasteiger partial charge is 0.145 e. The summed E-state index contributed by atoms with van der Waals surface area (Å²) in [6.07, 6.45) is 1.80. The molecule has 0 fully saturated rings. The molecule has 2 rings (SSSR count). The molecule has 1 aromatic carbocycles. The third-order valence-corrected chi connectivity index (χ3v) is 5.74. The van der Waals surface area contributed by atoms with Gasteiger partial charge in [-0.15, -0.1) is 0 Å². The average Bonchev–Trinajstić information content (AvgIpc) is 2.52. The number of aliphatic hydroxyl groups is 1. The second-order valence-electron chi connectivity index (χ2n) is 7.10. The first-order valence-electron chi connectivity index (χ1n) is 8.20. The first-order chi connectivity index (χ1) is 10.8. The lowest BCUT2D eigenvalue weighted by Crippen LogP contribution is -2.35. The highest BCUT2D eigenvalue weighted by atomic mass is 32.2. The van der Waals surface area contributed by atoms with E-state index >= 15 is 0 Å². The first-order valence-corrected chi connectivity index (χ1v) is 9.31. The third-order valence-electron chi connectivity index (χ3n) is 4.33. The van der Waals surface area contributed by atoms with Crippen LogP contribution in [0.25, 0.3) is 0 Å². The predicted octanol–water partition coefficient (Wildman–Crippen LogP) is 3.83. The van der Waals surface area contributed by atoms with Gasteiger partial charge in [0, 0.05) is 11.5 Å². The van der Waals surface area contributed by atoms with Crippen LogP contribution in [0.5, 0.6) is 0 Å². The van der Waals surface area contributed by atoms with E-state index in [-0.39, 0.29) is 5.92 Å². The largest absolute Gasteiger partial charge is 0.388 e. The standard InChI is InChI=1S/C19H27NO2S/c1-6-13(2)18(21)16-12-11-14-9-7-8-10-15(14)17(16)20-23(22)19(3,4)5/h7-10,16,18,21H,2,6,11-12H2,1,3-5H3/b20-17-/t16-,18+,23+/m1/s1. The molecular weight excluding hydrogens is 306 g/mol. The van der Waals surface area contributed by atoms with E-state index in [0.717, 1.165) is 36.1 Å². The van der Waals surface area contributed by atoms with Crippen LogP contribution in [-0.4, -0.2) is 25.9 Å². The van der Waals surface area contributed by atoms with Crippen LogP contribution in [0.15, 0.2) is 40.8 Å².